The number of benzene rings is 1. The van der Waals surface area contributed by atoms with Crippen molar-refractivity contribution in [3.05, 3.63) is 36.1 Å². The zero-order chi connectivity index (χ0) is 11.5. The Balaban J connectivity index is 0.000000262. The number of unbranched alkanes of at least 4 members (excludes halogenated alkanes) is 2. The van der Waals surface area contributed by atoms with Gasteiger partial charge in [-0.25, -0.2) is 4.39 Å². The summed E-state index contributed by atoms with van der Waals surface area (Å²) in [6, 6.07) is 7.94. The topological polar surface area (TPSA) is 37.3 Å². The van der Waals surface area contributed by atoms with Crippen molar-refractivity contribution < 1.29 is 14.3 Å². The van der Waals surface area contributed by atoms with Gasteiger partial charge in [0, 0.05) is 6.42 Å². The third kappa shape index (κ3) is 10.5. The monoisotopic (exact) mass is 212 g/mol. The Morgan fingerprint density at radius 2 is 1.87 bits per heavy atom. The summed E-state index contributed by atoms with van der Waals surface area (Å²) in [4.78, 5) is 9.87. The lowest BCUT2D eigenvalue weighted by molar-refractivity contribution is -0.137. The van der Waals surface area contributed by atoms with Crippen LogP contribution in [0, 0.1) is 5.82 Å². The summed E-state index contributed by atoms with van der Waals surface area (Å²) in [6.07, 6.45) is 3.28. The number of halogens is 1. The van der Waals surface area contributed by atoms with Crippen LogP contribution >= 0.6 is 0 Å². The fourth-order valence-electron chi connectivity index (χ4n) is 0.941. The Bertz CT molecular complexity index is 260. The predicted molar refractivity (Wildman–Crippen MR) is 58.2 cm³/mol. The van der Waals surface area contributed by atoms with Gasteiger partial charge in [0.1, 0.15) is 5.82 Å². The van der Waals surface area contributed by atoms with Crippen LogP contribution in [0.4, 0.5) is 4.39 Å². The number of carbonyl (C=O) groups is 1. The highest BCUT2D eigenvalue weighted by atomic mass is 19.1. The van der Waals surface area contributed by atoms with E-state index in [4.69, 9.17) is 5.11 Å². The van der Waals surface area contributed by atoms with Crippen molar-refractivity contribution in [1.29, 1.82) is 0 Å². The summed E-state index contributed by atoms with van der Waals surface area (Å²) < 4.78 is 11.9. The van der Waals surface area contributed by atoms with Gasteiger partial charge in [-0.05, 0) is 18.6 Å². The lowest BCUT2D eigenvalue weighted by Crippen LogP contribution is -1.92. The number of carboxylic acids is 1. The molecule has 0 heterocycles. The van der Waals surface area contributed by atoms with Crippen LogP contribution < -0.4 is 0 Å². The maximum absolute atomic E-state index is 11.9. The zero-order valence-corrected chi connectivity index (χ0v) is 8.95. The molecule has 0 spiro atoms. The third-order valence-corrected chi connectivity index (χ3v) is 1.73. The highest BCUT2D eigenvalue weighted by Gasteiger charge is 1.92. The van der Waals surface area contributed by atoms with E-state index in [0.29, 0.717) is 6.42 Å². The second-order valence-corrected chi connectivity index (χ2v) is 3.15. The molecule has 1 rings (SSSR count). The second-order valence-electron chi connectivity index (χ2n) is 3.15. The SMILES string of the molecule is CCCCCC(=O)O.Fc1ccccc1. The fourth-order valence-corrected chi connectivity index (χ4v) is 0.941. The molecule has 0 aliphatic carbocycles. The molecule has 1 aromatic carbocycles. The molecule has 0 fully saturated rings. The molecule has 2 nitrogen and oxygen atoms in total. The summed E-state index contributed by atoms with van der Waals surface area (Å²) in [5.41, 5.74) is 0. The van der Waals surface area contributed by atoms with Gasteiger partial charge in [-0.15, -0.1) is 0 Å². The van der Waals surface area contributed by atoms with Crippen molar-refractivity contribution in [2.75, 3.05) is 0 Å². The molecule has 84 valence electrons. The summed E-state index contributed by atoms with van der Waals surface area (Å²) in [6.45, 7) is 2.06. The molecule has 0 saturated carbocycles. The van der Waals surface area contributed by atoms with Gasteiger partial charge in [-0.3, -0.25) is 4.79 Å². The van der Waals surface area contributed by atoms with E-state index in [0.717, 1.165) is 19.3 Å². The molecule has 15 heavy (non-hydrogen) atoms. The first-order chi connectivity index (χ1) is 7.16. The van der Waals surface area contributed by atoms with Gasteiger partial charge in [-0.1, -0.05) is 38.0 Å². The Labute approximate surface area is 89.7 Å². The summed E-state index contributed by atoms with van der Waals surface area (Å²) in [5.74, 6) is -0.860. The minimum absolute atomic E-state index is 0.178. The van der Waals surface area contributed by atoms with Gasteiger partial charge >= 0.3 is 5.97 Å². The summed E-state index contributed by atoms with van der Waals surface area (Å²) >= 11 is 0. The minimum atomic E-state index is -0.682. The van der Waals surface area contributed by atoms with E-state index in [9.17, 15) is 9.18 Å². The normalized spacial score (nSPS) is 8.93. The molecule has 0 aromatic heterocycles. The van der Waals surface area contributed by atoms with E-state index in [1.807, 2.05) is 0 Å². The van der Waals surface area contributed by atoms with Gasteiger partial charge in [0.2, 0.25) is 0 Å². The molecule has 0 amide bonds. The van der Waals surface area contributed by atoms with Crippen LogP contribution in [-0.2, 0) is 4.79 Å². The number of aliphatic carboxylic acids is 1. The van der Waals surface area contributed by atoms with E-state index in [2.05, 4.69) is 6.92 Å². The van der Waals surface area contributed by atoms with Gasteiger partial charge in [0.05, 0.1) is 0 Å². The number of hydrogen-bond donors (Lipinski definition) is 1. The van der Waals surface area contributed by atoms with Crippen LogP contribution in [0.5, 0.6) is 0 Å². The Kier molecular flexibility index (Phi) is 8.34. The molecular formula is C12H17FO2. The molecule has 3 heteroatoms. The van der Waals surface area contributed by atoms with Crippen molar-refractivity contribution in [2.45, 2.75) is 32.6 Å². The molecule has 0 radical (unpaired) electrons. The minimum Gasteiger partial charge on any atom is -0.481 e. The van der Waals surface area contributed by atoms with Crippen LogP contribution in [-0.4, -0.2) is 11.1 Å². The van der Waals surface area contributed by atoms with E-state index >= 15 is 0 Å². The maximum Gasteiger partial charge on any atom is 0.303 e. The van der Waals surface area contributed by atoms with E-state index in [1.54, 1.807) is 18.2 Å². The molecule has 0 bridgehead atoms. The van der Waals surface area contributed by atoms with Crippen LogP contribution in [0.25, 0.3) is 0 Å². The predicted octanol–water partition coefficient (Wildman–Crippen LogP) is 3.48. The van der Waals surface area contributed by atoms with Crippen LogP contribution in [0.1, 0.15) is 32.6 Å². The lowest BCUT2D eigenvalue weighted by atomic mass is 10.2. The van der Waals surface area contributed by atoms with Crippen LogP contribution in [0.2, 0.25) is 0 Å². The Morgan fingerprint density at radius 3 is 2.20 bits per heavy atom. The first-order valence-corrected chi connectivity index (χ1v) is 5.09. The first kappa shape index (κ1) is 13.6. The standard InChI is InChI=1S/C6H5F.C6H12O2/c7-6-4-2-1-3-5-6;1-2-3-4-5-6(7)8/h1-5H;2-5H2,1H3,(H,7,8). The van der Waals surface area contributed by atoms with Crippen LogP contribution in [0.3, 0.4) is 0 Å². The van der Waals surface area contributed by atoms with E-state index in [-0.39, 0.29) is 5.82 Å². The molecule has 0 aliphatic rings. The average Bonchev–Trinajstić information content (AvgIpc) is 2.20. The van der Waals surface area contributed by atoms with Crippen molar-refractivity contribution in [3.63, 3.8) is 0 Å². The molecule has 0 saturated heterocycles. The van der Waals surface area contributed by atoms with E-state index < -0.39 is 5.97 Å². The molecular weight excluding hydrogens is 195 g/mol. The molecule has 0 atom stereocenters. The Morgan fingerprint density at radius 1 is 1.27 bits per heavy atom. The van der Waals surface area contributed by atoms with Gasteiger partial charge in [-0.2, -0.15) is 0 Å². The maximum atomic E-state index is 11.9. The Hall–Kier alpha value is -1.38. The number of hydrogen-bond acceptors (Lipinski definition) is 1. The van der Waals surface area contributed by atoms with E-state index in [1.165, 1.54) is 12.1 Å². The highest BCUT2D eigenvalue weighted by molar-refractivity contribution is 5.66. The largest absolute Gasteiger partial charge is 0.481 e. The van der Waals surface area contributed by atoms with Crippen molar-refractivity contribution in [1.82, 2.24) is 0 Å². The third-order valence-electron chi connectivity index (χ3n) is 1.73. The van der Waals surface area contributed by atoms with Gasteiger partial charge < -0.3 is 5.11 Å². The van der Waals surface area contributed by atoms with Gasteiger partial charge in [0.15, 0.2) is 0 Å². The second kappa shape index (κ2) is 9.19. The van der Waals surface area contributed by atoms with Crippen molar-refractivity contribution in [2.24, 2.45) is 0 Å². The van der Waals surface area contributed by atoms with Crippen molar-refractivity contribution in [3.8, 4) is 0 Å². The fraction of sp³-hybridized carbons (Fsp3) is 0.417. The van der Waals surface area contributed by atoms with Gasteiger partial charge in [0.25, 0.3) is 0 Å². The quantitative estimate of drug-likeness (QED) is 0.776. The van der Waals surface area contributed by atoms with Crippen LogP contribution in [0.15, 0.2) is 30.3 Å². The molecule has 0 aliphatic heterocycles. The van der Waals surface area contributed by atoms with Crippen molar-refractivity contribution >= 4 is 5.97 Å². The zero-order valence-electron chi connectivity index (χ0n) is 8.95. The highest BCUT2D eigenvalue weighted by Crippen LogP contribution is 1.97. The average molecular weight is 212 g/mol. The molecule has 1 aromatic rings. The smallest absolute Gasteiger partial charge is 0.303 e. The summed E-state index contributed by atoms with van der Waals surface area (Å²) in [7, 11) is 0. The first-order valence-electron chi connectivity index (χ1n) is 5.09. The molecule has 0 unspecified atom stereocenters. The number of rotatable bonds is 4. The number of carboxylic acid groups (broad SMARTS) is 1. The molecule has 1 N–H and O–H groups in total. The summed E-state index contributed by atoms with van der Waals surface area (Å²) in [5, 5.41) is 8.14. The lowest BCUT2D eigenvalue weighted by Gasteiger charge is -1.89.